The molecule has 0 bridgehead atoms. The van der Waals surface area contributed by atoms with Gasteiger partial charge in [0.2, 0.25) is 5.91 Å². The smallest absolute Gasteiger partial charge is 0.306 e. The van der Waals surface area contributed by atoms with Crippen LogP contribution in [0.3, 0.4) is 0 Å². The summed E-state index contributed by atoms with van der Waals surface area (Å²) >= 11 is 0. The summed E-state index contributed by atoms with van der Waals surface area (Å²) in [6, 6.07) is -0.893. The molecule has 66 heavy (non-hydrogen) atoms. The van der Waals surface area contributed by atoms with E-state index in [9.17, 15) is 19.0 Å². The highest BCUT2D eigenvalue weighted by Gasteiger charge is 2.27. The molecule has 1 amide bonds. The number of hydrogen-bond acceptors (Lipinski definition) is 7. The summed E-state index contributed by atoms with van der Waals surface area (Å²) in [5, 5.41) is 3.00. The van der Waals surface area contributed by atoms with Crippen molar-refractivity contribution in [1.82, 2.24) is 5.32 Å². The van der Waals surface area contributed by atoms with Crippen molar-refractivity contribution in [2.75, 3.05) is 40.9 Å². The molecule has 0 aliphatic rings. The van der Waals surface area contributed by atoms with Gasteiger partial charge in [-0.15, -0.1) is 0 Å². The maximum absolute atomic E-state index is 13.4. The molecule has 388 valence electrons. The first kappa shape index (κ1) is 64.2. The molecule has 0 fully saturated rings. The number of hydrogen-bond donors (Lipinski definition) is 1. The zero-order valence-electron chi connectivity index (χ0n) is 44.2. The van der Waals surface area contributed by atoms with E-state index in [0.717, 1.165) is 77.0 Å². The summed E-state index contributed by atoms with van der Waals surface area (Å²) in [5.41, 5.74) is 0. The van der Waals surface area contributed by atoms with Crippen molar-refractivity contribution in [3.63, 3.8) is 0 Å². The quantitative estimate of drug-likeness (QED) is 0.0212. The minimum Gasteiger partial charge on any atom is -0.756 e. The molecule has 3 unspecified atom stereocenters. The SMILES string of the molecule is CCCCCC/C=C\CCCCCCCCCC(=O)OC(/C=C/CCCCCCCCCCCC)C(COP(=O)([O-])OCC[N+](C)(C)C)NC(=O)CCCCC/C=C\CCCCCCCC. The Labute approximate surface area is 408 Å². The van der Waals surface area contributed by atoms with Gasteiger partial charge in [-0.1, -0.05) is 199 Å². The Morgan fingerprint density at radius 1 is 0.515 bits per heavy atom. The molecule has 0 spiro atoms. The van der Waals surface area contributed by atoms with Crippen LogP contribution in [0.4, 0.5) is 0 Å². The Balaban J connectivity index is 5.40. The van der Waals surface area contributed by atoms with Crippen molar-refractivity contribution in [2.45, 2.75) is 270 Å². The normalized spacial score (nSPS) is 14.1. The van der Waals surface area contributed by atoms with Gasteiger partial charge in [-0.05, 0) is 83.1 Å². The van der Waals surface area contributed by atoms with E-state index < -0.39 is 26.6 Å². The highest BCUT2D eigenvalue weighted by Crippen LogP contribution is 2.38. The van der Waals surface area contributed by atoms with Crippen LogP contribution in [0.2, 0.25) is 0 Å². The fraction of sp³-hybridized carbons (Fsp3) is 0.857. The number of quaternary nitrogens is 1. The first-order valence-electron chi connectivity index (χ1n) is 27.8. The molecule has 0 aliphatic carbocycles. The lowest BCUT2D eigenvalue weighted by molar-refractivity contribution is -0.870. The zero-order chi connectivity index (χ0) is 48.7. The number of unbranched alkanes of at least 4 members (excludes halogenated alkanes) is 30. The van der Waals surface area contributed by atoms with Crippen LogP contribution >= 0.6 is 7.82 Å². The van der Waals surface area contributed by atoms with Crippen molar-refractivity contribution in [2.24, 2.45) is 0 Å². The van der Waals surface area contributed by atoms with Crippen LogP contribution in [0.15, 0.2) is 36.5 Å². The molecule has 3 atom stereocenters. The predicted molar refractivity (Wildman–Crippen MR) is 279 cm³/mol. The Morgan fingerprint density at radius 3 is 1.32 bits per heavy atom. The predicted octanol–water partition coefficient (Wildman–Crippen LogP) is 15.8. The number of phosphoric acid groups is 1. The summed E-state index contributed by atoms with van der Waals surface area (Å²) in [6.45, 7) is 6.81. The second kappa shape index (κ2) is 46.9. The van der Waals surface area contributed by atoms with Gasteiger partial charge in [-0.3, -0.25) is 14.2 Å². The average Bonchev–Trinajstić information content (AvgIpc) is 3.27. The molecule has 9 nitrogen and oxygen atoms in total. The third-order valence-electron chi connectivity index (χ3n) is 12.3. The Bertz CT molecular complexity index is 1230. The van der Waals surface area contributed by atoms with Gasteiger partial charge in [0.1, 0.15) is 19.3 Å². The van der Waals surface area contributed by atoms with Crippen LogP contribution in [-0.2, 0) is 27.9 Å². The lowest BCUT2D eigenvalue weighted by Gasteiger charge is -2.30. The molecule has 0 rings (SSSR count). The highest BCUT2D eigenvalue weighted by molar-refractivity contribution is 7.45. The van der Waals surface area contributed by atoms with Crippen molar-refractivity contribution in [3.8, 4) is 0 Å². The van der Waals surface area contributed by atoms with E-state index >= 15 is 0 Å². The Kier molecular flexibility index (Phi) is 45.7. The Hall–Kier alpha value is -1.77. The van der Waals surface area contributed by atoms with Crippen LogP contribution in [-0.4, -0.2) is 69.4 Å². The molecule has 0 saturated heterocycles. The first-order chi connectivity index (χ1) is 31.9. The van der Waals surface area contributed by atoms with Gasteiger partial charge < -0.3 is 28.5 Å². The molecule has 0 aromatic heterocycles. The number of ether oxygens (including phenoxy) is 1. The monoisotopic (exact) mass is 951 g/mol. The van der Waals surface area contributed by atoms with Gasteiger partial charge in [-0.2, -0.15) is 0 Å². The van der Waals surface area contributed by atoms with E-state index in [1.165, 1.54) is 141 Å². The van der Waals surface area contributed by atoms with Crippen LogP contribution in [0.5, 0.6) is 0 Å². The third kappa shape index (κ3) is 47.3. The lowest BCUT2D eigenvalue weighted by atomic mass is 10.0. The molecular weight excluding hydrogens is 844 g/mol. The zero-order valence-corrected chi connectivity index (χ0v) is 45.0. The van der Waals surface area contributed by atoms with Crippen molar-refractivity contribution >= 4 is 19.7 Å². The van der Waals surface area contributed by atoms with Crippen molar-refractivity contribution in [3.05, 3.63) is 36.5 Å². The number of allylic oxidation sites excluding steroid dienone is 5. The molecule has 0 aliphatic heterocycles. The number of nitrogens with one attached hydrogen (secondary N) is 1. The van der Waals surface area contributed by atoms with E-state index in [1.54, 1.807) is 0 Å². The van der Waals surface area contributed by atoms with Crippen LogP contribution in [0, 0.1) is 0 Å². The summed E-state index contributed by atoms with van der Waals surface area (Å²) in [7, 11) is 1.18. The van der Waals surface area contributed by atoms with Gasteiger partial charge in [0, 0.05) is 12.8 Å². The van der Waals surface area contributed by atoms with E-state index in [4.69, 9.17) is 13.8 Å². The number of likely N-dealkylation sites (N-methyl/N-ethyl adjacent to an activating group) is 1. The topological polar surface area (TPSA) is 114 Å². The minimum atomic E-state index is -4.69. The standard InChI is InChI=1S/C56H107N2O7P/c1-7-10-13-16-19-22-25-28-29-31-34-37-40-43-46-49-56(60)65-54(47-44-41-38-35-32-27-24-21-18-15-12-9-3)53(52-64-66(61,62)63-51-50-58(4,5)6)57-55(59)48-45-42-39-36-33-30-26-23-20-17-14-11-8-2/h22,25,30,33,44,47,53-54H,7-21,23-24,26-29,31-32,34-43,45-46,48-52H2,1-6H3,(H-,57,59,61,62)/b25-22-,33-30-,47-44+. The van der Waals surface area contributed by atoms with Gasteiger partial charge in [-0.25, -0.2) is 0 Å². The lowest BCUT2D eigenvalue weighted by Crippen LogP contribution is -2.47. The molecular formula is C56H107N2O7P. The third-order valence-corrected chi connectivity index (χ3v) is 13.3. The number of amides is 1. The molecule has 0 aromatic rings. The van der Waals surface area contributed by atoms with E-state index in [-0.39, 0.29) is 24.9 Å². The van der Waals surface area contributed by atoms with E-state index in [0.29, 0.717) is 23.9 Å². The van der Waals surface area contributed by atoms with E-state index in [1.807, 2.05) is 33.3 Å². The number of nitrogens with zero attached hydrogens (tertiary/aromatic N) is 1. The van der Waals surface area contributed by atoms with Crippen molar-refractivity contribution in [1.29, 1.82) is 0 Å². The maximum atomic E-state index is 13.4. The fourth-order valence-electron chi connectivity index (χ4n) is 7.92. The van der Waals surface area contributed by atoms with Gasteiger partial charge in [0.15, 0.2) is 0 Å². The molecule has 0 heterocycles. The second-order valence-corrected chi connectivity index (χ2v) is 21.5. The molecule has 1 N–H and O–H groups in total. The number of phosphoric ester groups is 1. The van der Waals surface area contributed by atoms with Crippen LogP contribution in [0.25, 0.3) is 0 Å². The summed E-state index contributed by atoms with van der Waals surface area (Å²) < 4.78 is 30.2. The molecule has 0 saturated carbocycles. The molecule has 0 aromatic carbocycles. The minimum absolute atomic E-state index is 0.0245. The number of rotatable bonds is 50. The number of carbonyl (C=O) groups is 2. The summed E-state index contributed by atoms with van der Waals surface area (Å²) in [4.78, 5) is 39.7. The summed E-state index contributed by atoms with van der Waals surface area (Å²) in [5.74, 6) is -0.560. The molecule has 10 heteroatoms. The van der Waals surface area contributed by atoms with Crippen molar-refractivity contribution < 1.29 is 37.3 Å². The molecule has 0 radical (unpaired) electrons. The van der Waals surface area contributed by atoms with Gasteiger partial charge in [0.05, 0.1) is 33.8 Å². The van der Waals surface area contributed by atoms with E-state index in [2.05, 4.69) is 50.4 Å². The average molecular weight is 951 g/mol. The number of carbonyl (C=O) groups excluding carboxylic acids is 2. The Morgan fingerprint density at radius 2 is 0.879 bits per heavy atom. The number of esters is 1. The first-order valence-corrected chi connectivity index (χ1v) is 29.3. The fourth-order valence-corrected chi connectivity index (χ4v) is 8.64. The van der Waals surface area contributed by atoms with Gasteiger partial charge >= 0.3 is 5.97 Å². The highest BCUT2D eigenvalue weighted by atomic mass is 31.2. The second-order valence-electron chi connectivity index (χ2n) is 20.1. The maximum Gasteiger partial charge on any atom is 0.306 e. The summed E-state index contributed by atoms with van der Waals surface area (Å²) in [6.07, 6.45) is 53.9. The van der Waals surface area contributed by atoms with Gasteiger partial charge in [0.25, 0.3) is 7.82 Å². The van der Waals surface area contributed by atoms with Crippen LogP contribution in [0.1, 0.15) is 258 Å². The largest absolute Gasteiger partial charge is 0.756 e. The van der Waals surface area contributed by atoms with Crippen LogP contribution < -0.4 is 10.2 Å².